The van der Waals surface area contributed by atoms with Gasteiger partial charge in [-0.25, -0.2) is 0 Å². The molecular weight excluding hydrogens is 246 g/mol. The summed E-state index contributed by atoms with van der Waals surface area (Å²) in [6.07, 6.45) is 4.00. The molecule has 0 heterocycles. The van der Waals surface area contributed by atoms with Gasteiger partial charge in [-0.1, -0.05) is 31.5 Å². The Balaban J connectivity index is 1.57. The lowest BCUT2D eigenvalue weighted by Crippen LogP contribution is -2.54. The van der Waals surface area contributed by atoms with Gasteiger partial charge >= 0.3 is 0 Å². The minimum atomic E-state index is 0.0734. The maximum absolute atomic E-state index is 12.2. The molecule has 0 aliphatic heterocycles. The molecule has 3 aliphatic rings. The van der Waals surface area contributed by atoms with Crippen molar-refractivity contribution >= 4 is 5.91 Å². The minimum Gasteiger partial charge on any atom is -0.352 e. The Kier molecular flexibility index (Phi) is 3.35. The summed E-state index contributed by atoms with van der Waals surface area (Å²) in [5.74, 6) is 2.48. The van der Waals surface area contributed by atoms with Crippen LogP contribution < -0.4 is 5.32 Å². The summed E-state index contributed by atoms with van der Waals surface area (Å²) in [7, 11) is 0. The molecule has 0 radical (unpaired) electrons. The van der Waals surface area contributed by atoms with Crippen molar-refractivity contribution in [1.82, 2.24) is 5.32 Å². The van der Waals surface area contributed by atoms with E-state index in [0.717, 1.165) is 23.9 Å². The quantitative estimate of drug-likeness (QED) is 0.890. The second-order valence-electron chi connectivity index (χ2n) is 7.27. The first kappa shape index (κ1) is 13.7. The number of hydrogen-bond donors (Lipinski definition) is 1. The highest BCUT2D eigenvalue weighted by Crippen LogP contribution is 2.61. The standard InChI is InChI=1S/C18H25NO/c1-12-4-6-13(7-5-12)17(20)19-11-14-8-9-15-10-16(14)18(15,2)3/h4-7,14-16H,8-11H2,1-3H3,(H,19,20)/t14-,15-,16-/m0/s1. The molecule has 0 spiro atoms. The molecule has 108 valence electrons. The van der Waals surface area contributed by atoms with Crippen molar-refractivity contribution in [3.05, 3.63) is 35.4 Å². The molecule has 3 saturated carbocycles. The Labute approximate surface area is 122 Å². The molecule has 0 unspecified atom stereocenters. The molecule has 1 aromatic rings. The summed E-state index contributed by atoms with van der Waals surface area (Å²) in [5, 5.41) is 3.14. The van der Waals surface area contributed by atoms with E-state index in [0.29, 0.717) is 11.3 Å². The zero-order valence-electron chi connectivity index (χ0n) is 12.8. The average Bonchev–Trinajstić information content (AvgIpc) is 2.45. The summed E-state index contributed by atoms with van der Waals surface area (Å²) in [4.78, 5) is 12.2. The highest BCUT2D eigenvalue weighted by Gasteiger charge is 2.53. The fourth-order valence-corrected chi connectivity index (χ4v) is 4.24. The van der Waals surface area contributed by atoms with E-state index >= 15 is 0 Å². The number of benzene rings is 1. The Bertz CT molecular complexity index is 501. The van der Waals surface area contributed by atoms with Gasteiger partial charge in [0.05, 0.1) is 0 Å². The van der Waals surface area contributed by atoms with Crippen LogP contribution in [-0.2, 0) is 0 Å². The second kappa shape index (κ2) is 4.91. The van der Waals surface area contributed by atoms with E-state index in [1.807, 2.05) is 31.2 Å². The Morgan fingerprint density at radius 2 is 1.95 bits per heavy atom. The number of carbonyl (C=O) groups is 1. The predicted octanol–water partition coefficient (Wildman–Crippen LogP) is 3.80. The maximum Gasteiger partial charge on any atom is 0.251 e. The molecule has 3 aliphatic carbocycles. The van der Waals surface area contributed by atoms with Gasteiger partial charge in [0.1, 0.15) is 0 Å². The van der Waals surface area contributed by atoms with Gasteiger partial charge in [0.15, 0.2) is 0 Å². The lowest BCUT2D eigenvalue weighted by Gasteiger charge is -2.60. The average molecular weight is 271 g/mol. The first-order chi connectivity index (χ1) is 9.48. The van der Waals surface area contributed by atoms with Crippen molar-refractivity contribution < 1.29 is 4.79 Å². The normalized spacial score (nSPS) is 30.4. The summed E-state index contributed by atoms with van der Waals surface area (Å²) in [6.45, 7) is 7.69. The Morgan fingerprint density at radius 3 is 2.55 bits per heavy atom. The van der Waals surface area contributed by atoms with Gasteiger partial charge in [0.2, 0.25) is 0 Å². The molecule has 3 fully saturated rings. The van der Waals surface area contributed by atoms with E-state index in [-0.39, 0.29) is 5.91 Å². The zero-order chi connectivity index (χ0) is 14.3. The molecule has 0 saturated heterocycles. The molecule has 2 bridgehead atoms. The highest BCUT2D eigenvalue weighted by atomic mass is 16.1. The van der Waals surface area contributed by atoms with Crippen LogP contribution >= 0.6 is 0 Å². The van der Waals surface area contributed by atoms with E-state index in [4.69, 9.17) is 0 Å². The van der Waals surface area contributed by atoms with E-state index in [2.05, 4.69) is 19.2 Å². The zero-order valence-corrected chi connectivity index (χ0v) is 12.8. The lowest BCUT2D eigenvalue weighted by molar-refractivity contribution is -0.103. The third-order valence-corrected chi connectivity index (χ3v) is 5.84. The van der Waals surface area contributed by atoms with Crippen molar-refractivity contribution in [2.45, 2.75) is 40.0 Å². The van der Waals surface area contributed by atoms with Crippen LogP contribution in [0.1, 0.15) is 49.0 Å². The SMILES string of the molecule is Cc1ccc(C(=O)NC[C@@H]2CC[C@H]3C[C@@H]2C3(C)C)cc1. The minimum absolute atomic E-state index is 0.0734. The largest absolute Gasteiger partial charge is 0.352 e. The summed E-state index contributed by atoms with van der Waals surface area (Å²) in [6, 6.07) is 7.81. The van der Waals surface area contributed by atoms with Gasteiger partial charge in [-0.15, -0.1) is 0 Å². The van der Waals surface area contributed by atoms with E-state index in [1.165, 1.54) is 24.8 Å². The Morgan fingerprint density at radius 1 is 1.25 bits per heavy atom. The predicted molar refractivity (Wildman–Crippen MR) is 81.6 cm³/mol. The van der Waals surface area contributed by atoms with E-state index in [9.17, 15) is 4.79 Å². The monoisotopic (exact) mass is 271 g/mol. The molecular formula is C18H25NO. The van der Waals surface area contributed by atoms with Crippen LogP contribution in [0, 0.1) is 30.1 Å². The van der Waals surface area contributed by atoms with Crippen molar-refractivity contribution in [3.63, 3.8) is 0 Å². The number of nitrogens with one attached hydrogen (secondary N) is 1. The lowest BCUT2D eigenvalue weighted by atomic mass is 9.45. The van der Waals surface area contributed by atoms with Crippen LogP contribution in [0.5, 0.6) is 0 Å². The van der Waals surface area contributed by atoms with Crippen LogP contribution in [-0.4, -0.2) is 12.5 Å². The molecule has 1 N–H and O–H groups in total. The fraction of sp³-hybridized carbons (Fsp3) is 0.611. The van der Waals surface area contributed by atoms with E-state index in [1.54, 1.807) is 0 Å². The number of amides is 1. The number of fused-ring (bicyclic) bond motifs is 2. The molecule has 0 aromatic heterocycles. The van der Waals surface area contributed by atoms with Crippen molar-refractivity contribution in [3.8, 4) is 0 Å². The van der Waals surface area contributed by atoms with Gasteiger partial charge in [-0.2, -0.15) is 0 Å². The molecule has 4 rings (SSSR count). The number of rotatable bonds is 3. The Hall–Kier alpha value is -1.31. The van der Waals surface area contributed by atoms with Crippen LogP contribution in [0.3, 0.4) is 0 Å². The molecule has 20 heavy (non-hydrogen) atoms. The number of carbonyl (C=O) groups excluding carboxylic acids is 1. The van der Waals surface area contributed by atoms with Crippen LogP contribution in [0.25, 0.3) is 0 Å². The second-order valence-corrected chi connectivity index (χ2v) is 7.27. The van der Waals surface area contributed by atoms with Crippen LogP contribution in [0.15, 0.2) is 24.3 Å². The van der Waals surface area contributed by atoms with Gasteiger partial charge < -0.3 is 5.32 Å². The van der Waals surface area contributed by atoms with Crippen LogP contribution in [0.2, 0.25) is 0 Å². The first-order valence-electron chi connectivity index (χ1n) is 7.83. The van der Waals surface area contributed by atoms with Crippen molar-refractivity contribution in [2.24, 2.45) is 23.2 Å². The maximum atomic E-state index is 12.2. The van der Waals surface area contributed by atoms with Crippen molar-refractivity contribution in [2.75, 3.05) is 6.54 Å². The summed E-state index contributed by atoms with van der Waals surface area (Å²) in [5.41, 5.74) is 2.46. The molecule has 1 amide bonds. The van der Waals surface area contributed by atoms with Crippen molar-refractivity contribution in [1.29, 1.82) is 0 Å². The molecule has 3 atom stereocenters. The fourth-order valence-electron chi connectivity index (χ4n) is 4.24. The highest BCUT2D eigenvalue weighted by molar-refractivity contribution is 5.94. The summed E-state index contributed by atoms with van der Waals surface area (Å²) >= 11 is 0. The molecule has 2 heteroatoms. The van der Waals surface area contributed by atoms with Gasteiger partial charge in [-0.05, 0) is 61.5 Å². The first-order valence-corrected chi connectivity index (χ1v) is 7.83. The van der Waals surface area contributed by atoms with Crippen LogP contribution in [0.4, 0.5) is 0 Å². The van der Waals surface area contributed by atoms with Gasteiger partial charge in [0, 0.05) is 12.1 Å². The number of aryl methyl sites for hydroxylation is 1. The van der Waals surface area contributed by atoms with Gasteiger partial charge in [-0.3, -0.25) is 4.79 Å². The van der Waals surface area contributed by atoms with E-state index < -0.39 is 0 Å². The summed E-state index contributed by atoms with van der Waals surface area (Å²) < 4.78 is 0. The third-order valence-electron chi connectivity index (χ3n) is 5.84. The third kappa shape index (κ3) is 2.25. The smallest absolute Gasteiger partial charge is 0.251 e. The molecule has 2 nitrogen and oxygen atoms in total. The number of hydrogen-bond acceptors (Lipinski definition) is 1. The van der Waals surface area contributed by atoms with Gasteiger partial charge in [0.25, 0.3) is 5.91 Å². The topological polar surface area (TPSA) is 29.1 Å². The molecule has 1 aromatic carbocycles.